The molecule has 1 rings (SSSR count). The third-order valence-electron chi connectivity index (χ3n) is 2.75. The standard InChI is InChI=1S/C12H17FN2O5S/c1-3-5-9(8-20-2)14-21(18,19)11-7-4-6-10(13)12(11)15(16)17/h4,6-7,9,14H,3,5,8H2,1-2H3. The summed E-state index contributed by atoms with van der Waals surface area (Å²) in [5.74, 6) is -1.19. The van der Waals surface area contributed by atoms with Gasteiger partial charge in [0.25, 0.3) is 0 Å². The lowest BCUT2D eigenvalue weighted by molar-refractivity contribution is -0.390. The van der Waals surface area contributed by atoms with E-state index in [4.69, 9.17) is 4.74 Å². The minimum atomic E-state index is -4.21. The van der Waals surface area contributed by atoms with E-state index in [1.54, 1.807) is 0 Å². The van der Waals surface area contributed by atoms with Crippen molar-refractivity contribution in [3.05, 3.63) is 34.1 Å². The minimum absolute atomic E-state index is 0.121. The van der Waals surface area contributed by atoms with E-state index in [0.29, 0.717) is 12.8 Å². The average molecular weight is 320 g/mol. The first-order valence-electron chi connectivity index (χ1n) is 6.27. The fourth-order valence-corrected chi connectivity index (χ4v) is 3.33. The molecule has 1 aromatic rings. The van der Waals surface area contributed by atoms with E-state index in [1.807, 2.05) is 6.92 Å². The van der Waals surface area contributed by atoms with Crippen LogP contribution in [0.15, 0.2) is 23.1 Å². The van der Waals surface area contributed by atoms with Gasteiger partial charge in [-0.05, 0) is 18.6 Å². The van der Waals surface area contributed by atoms with E-state index in [0.717, 1.165) is 18.2 Å². The molecule has 7 nitrogen and oxygen atoms in total. The van der Waals surface area contributed by atoms with E-state index in [2.05, 4.69) is 4.72 Å². The highest BCUT2D eigenvalue weighted by Crippen LogP contribution is 2.26. The number of hydrogen-bond donors (Lipinski definition) is 1. The molecule has 1 unspecified atom stereocenters. The largest absolute Gasteiger partial charge is 0.383 e. The molecule has 0 bridgehead atoms. The van der Waals surface area contributed by atoms with Crippen molar-refractivity contribution in [3.63, 3.8) is 0 Å². The molecule has 0 heterocycles. The van der Waals surface area contributed by atoms with Crippen LogP contribution in [0.4, 0.5) is 10.1 Å². The van der Waals surface area contributed by atoms with Gasteiger partial charge < -0.3 is 4.74 Å². The van der Waals surface area contributed by atoms with Gasteiger partial charge in [-0.2, -0.15) is 4.39 Å². The van der Waals surface area contributed by atoms with Crippen LogP contribution in [0.3, 0.4) is 0 Å². The molecule has 0 radical (unpaired) electrons. The maximum absolute atomic E-state index is 13.5. The van der Waals surface area contributed by atoms with Crippen molar-refractivity contribution in [2.45, 2.75) is 30.7 Å². The molecule has 0 amide bonds. The predicted molar refractivity (Wildman–Crippen MR) is 73.9 cm³/mol. The monoisotopic (exact) mass is 320 g/mol. The average Bonchev–Trinajstić information content (AvgIpc) is 2.38. The van der Waals surface area contributed by atoms with Gasteiger partial charge in [0, 0.05) is 13.2 Å². The van der Waals surface area contributed by atoms with Gasteiger partial charge in [-0.3, -0.25) is 10.1 Å². The molecule has 0 fully saturated rings. The summed E-state index contributed by atoms with van der Waals surface area (Å²) in [6.07, 6.45) is 1.19. The molecule has 0 aliphatic heterocycles. The van der Waals surface area contributed by atoms with Gasteiger partial charge in [0.05, 0.1) is 11.5 Å². The van der Waals surface area contributed by atoms with Gasteiger partial charge in [-0.15, -0.1) is 0 Å². The second-order valence-electron chi connectivity index (χ2n) is 4.41. The van der Waals surface area contributed by atoms with Crippen LogP contribution in [0, 0.1) is 15.9 Å². The third kappa shape index (κ3) is 4.45. The number of para-hydroxylation sites is 1. The second-order valence-corrected chi connectivity index (χ2v) is 6.09. The Bertz CT molecular complexity index is 600. The Kier molecular flexibility index (Phi) is 6.19. The van der Waals surface area contributed by atoms with E-state index >= 15 is 0 Å². The van der Waals surface area contributed by atoms with Crippen LogP contribution < -0.4 is 4.72 Å². The molecule has 0 saturated heterocycles. The number of methoxy groups -OCH3 is 1. The lowest BCUT2D eigenvalue weighted by Gasteiger charge is -2.17. The van der Waals surface area contributed by atoms with Crippen LogP contribution in [-0.2, 0) is 14.8 Å². The smallest absolute Gasteiger partial charge is 0.324 e. The number of halogens is 1. The number of nitrogens with zero attached hydrogens (tertiary/aromatic N) is 1. The van der Waals surface area contributed by atoms with Gasteiger partial charge in [0.15, 0.2) is 4.90 Å². The van der Waals surface area contributed by atoms with E-state index < -0.39 is 37.4 Å². The van der Waals surface area contributed by atoms with Crippen molar-refractivity contribution in [1.29, 1.82) is 0 Å². The molecule has 1 aromatic carbocycles. The summed E-state index contributed by atoms with van der Waals surface area (Å²) in [7, 11) is -2.80. The molecule has 0 aliphatic rings. The van der Waals surface area contributed by atoms with E-state index in [1.165, 1.54) is 7.11 Å². The van der Waals surface area contributed by atoms with Gasteiger partial charge >= 0.3 is 5.69 Å². The minimum Gasteiger partial charge on any atom is -0.383 e. The van der Waals surface area contributed by atoms with Gasteiger partial charge in [0.2, 0.25) is 15.8 Å². The van der Waals surface area contributed by atoms with Crippen molar-refractivity contribution in [2.24, 2.45) is 0 Å². The number of nitro benzene ring substituents is 1. The first-order chi connectivity index (χ1) is 9.83. The lowest BCUT2D eigenvalue weighted by Crippen LogP contribution is -2.38. The van der Waals surface area contributed by atoms with Crippen LogP contribution in [0.2, 0.25) is 0 Å². The maximum atomic E-state index is 13.5. The Morgan fingerprint density at radius 3 is 2.67 bits per heavy atom. The number of nitrogens with one attached hydrogen (secondary N) is 1. The van der Waals surface area contributed by atoms with Crippen molar-refractivity contribution in [2.75, 3.05) is 13.7 Å². The SMILES string of the molecule is CCCC(COC)NS(=O)(=O)c1cccc(F)c1[N+](=O)[O-]. The number of benzene rings is 1. The molecule has 21 heavy (non-hydrogen) atoms. The van der Waals surface area contributed by atoms with Crippen LogP contribution in [0.1, 0.15) is 19.8 Å². The summed E-state index contributed by atoms with van der Waals surface area (Å²) < 4.78 is 45.2. The Hall–Kier alpha value is -1.58. The topological polar surface area (TPSA) is 98.5 Å². The highest BCUT2D eigenvalue weighted by atomic mass is 32.2. The fourth-order valence-electron chi connectivity index (χ4n) is 1.90. The van der Waals surface area contributed by atoms with Gasteiger partial charge in [-0.1, -0.05) is 19.4 Å². The molecule has 1 atom stereocenters. The van der Waals surface area contributed by atoms with Crippen molar-refractivity contribution >= 4 is 15.7 Å². The second kappa shape index (κ2) is 7.43. The zero-order chi connectivity index (χ0) is 16.0. The molecule has 1 N–H and O–H groups in total. The Morgan fingerprint density at radius 2 is 2.14 bits per heavy atom. The quantitative estimate of drug-likeness (QED) is 0.582. The van der Waals surface area contributed by atoms with Crippen LogP contribution in [0.25, 0.3) is 0 Å². The molecule has 0 saturated carbocycles. The van der Waals surface area contributed by atoms with Gasteiger partial charge in [-0.25, -0.2) is 13.1 Å². The highest BCUT2D eigenvalue weighted by Gasteiger charge is 2.30. The number of sulfonamides is 1. The van der Waals surface area contributed by atoms with E-state index in [-0.39, 0.29) is 6.61 Å². The zero-order valence-corrected chi connectivity index (χ0v) is 12.5. The number of rotatable bonds is 8. The van der Waals surface area contributed by atoms with Crippen LogP contribution in [-0.4, -0.2) is 33.1 Å². The fraction of sp³-hybridized carbons (Fsp3) is 0.500. The summed E-state index contributed by atoms with van der Waals surface area (Å²) in [6, 6.07) is 2.42. The molecular weight excluding hydrogens is 303 g/mol. The summed E-state index contributed by atoms with van der Waals surface area (Å²) >= 11 is 0. The first kappa shape index (κ1) is 17.5. The number of ether oxygens (including phenoxy) is 1. The summed E-state index contributed by atoms with van der Waals surface area (Å²) in [5, 5.41) is 10.9. The zero-order valence-electron chi connectivity index (χ0n) is 11.7. The lowest BCUT2D eigenvalue weighted by atomic mass is 10.2. The van der Waals surface area contributed by atoms with Crippen molar-refractivity contribution < 1.29 is 22.5 Å². The normalized spacial score (nSPS) is 13.1. The molecule has 0 aliphatic carbocycles. The predicted octanol–water partition coefficient (Wildman–Crippen LogP) is 1.83. The number of hydrogen-bond acceptors (Lipinski definition) is 5. The van der Waals surface area contributed by atoms with Crippen molar-refractivity contribution in [1.82, 2.24) is 4.72 Å². The summed E-state index contributed by atoms with van der Waals surface area (Å²) in [6.45, 7) is 1.98. The van der Waals surface area contributed by atoms with Crippen molar-refractivity contribution in [3.8, 4) is 0 Å². The molecular formula is C12H17FN2O5S. The summed E-state index contributed by atoms with van der Waals surface area (Å²) in [5.41, 5.74) is -1.06. The Balaban J connectivity index is 3.19. The molecule has 0 aromatic heterocycles. The maximum Gasteiger partial charge on any atom is 0.324 e. The first-order valence-corrected chi connectivity index (χ1v) is 7.76. The Morgan fingerprint density at radius 1 is 1.48 bits per heavy atom. The molecule has 9 heteroatoms. The van der Waals surface area contributed by atoms with E-state index in [9.17, 15) is 22.9 Å². The Labute approximate surface area is 122 Å². The highest BCUT2D eigenvalue weighted by molar-refractivity contribution is 7.89. The molecule has 118 valence electrons. The third-order valence-corrected chi connectivity index (χ3v) is 4.30. The number of nitro groups is 1. The van der Waals surface area contributed by atoms with Crippen LogP contribution in [0.5, 0.6) is 0 Å². The van der Waals surface area contributed by atoms with Crippen LogP contribution >= 0.6 is 0 Å². The molecule has 0 spiro atoms. The summed E-state index contributed by atoms with van der Waals surface area (Å²) in [4.78, 5) is 9.14. The van der Waals surface area contributed by atoms with Gasteiger partial charge in [0.1, 0.15) is 0 Å².